The number of hydrogen-bond donors (Lipinski definition) is 3. The highest BCUT2D eigenvalue weighted by Gasteiger charge is 2.27. The number of nitrogens with two attached hydrogens (primary N) is 1. The number of Topliss-reactive ketones (excluding diaryl/α,β-unsaturated/α-hetero) is 1. The fourth-order valence-corrected chi connectivity index (χ4v) is 3.69. The van der Waals surface area contributed by atoms with Gasteiger partial charge >= 0.3 is 11.7 Å². The molecule has 0 aromatic carbocycles. The standard InChI is InChI=1S/C22H31N5O7/c1-11(2)9-27-19(23)18(20(30)25-22(27)32)26(7-8-33-6)15(29)10-34-21(31)17-12(3)16(14(5)28)13(4)24-17/h11,24H,7-10,23H2,1-6H3,(H,25,30,32). The van der Waals surface area contributed by atoms with E-state index in [4.69, 9.17) is 15.2 Å². The number of aromatic nitrogens is 3. The van der Waals surface area contributed by atoms with E-state index in [-0.39, 0.29) is 48.6 Å². The minimum atomic E-state index is -0.847. The third kappa shape index (κ3) is 5.63. The van der Waals surface area contributed by atoms with Gasteiger partial charge in [0.2, 0.25) is 0 Å². The summed E-state index contributed by atoms with van der Waals surface area (Å²) in [4.78, 5) is 68.2. The Balaban J connectivity index is 2.35. The van der Waals surface area contributed by atoms with E-state index in [1.54, 1.807) is 13.8 Å². The minimum absolute atomic E-state index is 0.0372. The Bertz CT molecular complexity index is 1210. The molecule has 0 bridgehead atoms. The molecule has 0 saturated carbocycles. The Labute approximate surface area is 196 Å². The fourth-order valence-electron chi connectivity index (χ4n) is 3.69. The molecule has 186 valence electrons. The van der Waals surface area contributed by atoms with Crippen molar-refractivity contribution in [3.05, 3.63) is 43.4 Å². The van der Waals surface area contributed by atoms with Gasteiger partial charge in [-0.15, -0.1) is 0 Å². The summed E-state index contributed by atoms with van der Waals surface area (Å²) in [5, 5.41) is 0. The third-order valence-corrected chi connectivity index (χ3v) is 5.17. The molecule has 0 unspecified atom stereocenters. The highest BCUT2D eigenvalue weighted by Crippen LogP contribution is 2.20. The molecule has 1 amide bonds. The molecule has 12 heteroatoms. The van der Waals surface area contributed by atoms with Crippen LogP contribution in [-0.2, 0) is 20.8 Å². The summed E-state index contributed by atoms with van der Waals surface area (Å²) in [6.45, 7) is 7.86. The van der Waals surface area contributed by atoms with Crippen LogP contribution in [0.5, 0.6) is 0 Å². The van der Waals surface area contributed by atoms with Crippen LogP contribution in [0.4, 0.5) is 11.5 Å². The fraction of sp³-hybridized carbons (Fsp3) is 0.500. The average Bonchev–Trinajstić information content (AvgIpc) is 3.05. The number of anilines is 2. The minimum Gasteiger partial charge on any atom is -0.451 e. The Kier molecular flexibility index (Phi) is 8.57. The molecule has 0 saturated heterocycles. The first-order chi connectivity index (χ1) is 15.9. The molecule has 0 atom stereocenters. The van der Waals surface area contributed by atoms with Crippen molar-refractivity contribution in [2.75, 3.05) is 37.5 Å². The van der Waals surface area contributed by atoms with Crippen LogP contribution in [0.15, 0.2) is 9.59 Å². The summed E-state index contributed by atoms with van der Waals surface area (Å²) in [6.07, 6.45) is 0. The number of ether oxygens (including phenoxy) is 2. The summed E-state index contributed by atoms with van der Waals surface area (Å²) in [5.41, 5.74) is 5.72. The zero-order valence-electron chi connectivity index (χ0n) is 20.2. The van der Waals surface area contributed by atoms with Gasteiger partial charge in [0.25, 0.3) is 11.5 Å². The molecule has 2 aromatic rings. The number of esters is 1. The number of ketones is 1. The Morgan fingerprint density at radius 3 is 2.32 bits per heavy atom. The number of amides is 1. The van der Waals surface area contributed by atoms with Crippen molar-refractivity contribution < 1.29 is 23.9 Å². The lowest BCUT2D eigenvalue weighted by Gasteiger charge is -2.24. The van der Waals surface area contributed by atoms with Gasteiger partial charge in [-0.2, -0.15) is 0 Å². The second-order valence-corrected chi connectivity index (χ2v) is 8.29. The number of H-pyrrole nitrogens is 2. The van der Waals surface area contributed by atoms with Gasteiger partial charge in [0, 0.05) is 31.5 Å². The molecule has 2 heterocycles. The molecule has 0 radical (unpaired) electrons. The van der Waals surface area contributed by atoms with Gasteiger partial charge in [-0.05, 0) is 32.3 Å². The normalized spacial score (nSPS) is 11.0. The maximum Gasteiger partial charge on any atom is 0.355 e. The highest BCUT2D eigenvalue weighted by atomic mass is 16.5. The van der Waals surface area contributed by atoms with E-state index in [1.165, 1.54) is 18.6 Å². The Hall–Kier alpha value is -3.67. The zero-order chi connectivity index (χ0) is 25.7. The van der Waals surface area contributed by atoms with Crippen molar-refractivity contribution in [2.24, 2.45) is 5.92 Å². The van der Waals surface area contributed by atoms with Crippen LogP contribution in [0.2, 0.25) is 0 Å². The monoisotopic (exact) mass is 477 g/mol. The molecular weight excluding hydrogens is 446 g/mol. The lowest BCUT2D eigenvalue weighted by Crippen LogP contribution is -2.44. The number of nitrogens with zero attached hydrogens (tertiary/aromatic N) is 2. The number of methoxy groups -OCH3 is 1. The number of hydrogen-bond acceptors (Lipinski definition) is 8. The van der Waals surface area contributed by atoms with Crippen molar-refractivity contribution in [3.63, 3.8) is 0 Å². The number of aryl methyl sites for hydroxylation is 1. The quantitative estimate of drug-likeness (QED) is 0.333. The molecule has 0 aliphatic rings. The number of nitrogen functional groups attached to an aromatic ring is 1. The van der Waals surface area contributed by atoms with Gasteiger partial charge in [-0.3, -0.25) is 28.8 Å². The molecule has 34 heavy (non-hydrogen) atoms. The number of aromatic amines is 2. The topological polar surface area (TPSA) is 170 Å². The molecule has 0 aliphatic carbocycles. The van der Waals surface area contributed by atoms with E-state index in [0.29, 0.717) is 16.8 Å². The van der Waals surface area contributed by atoms with Crippen molar-refractivity contribution >= 4 is 29.2 Å². The van der Waals surface area contributed by atoms with Crippen molar-refractivity contribution in [1.82, 2.24) is 14.5 Å². The summed E-state index contributed by atoms with van der Waals surface area (Å²) in [6, 6.07) is 0. The van der Waals surface area contributed by atoms with E-state index < -0.39 is 29.7 Å². The summed E-state index contributed by atoms with van der Waals surface area (Å²) in [7, 11) is 1.42. The second kappa shape index (κ2) is 11.0. The summed E-state index contributed by atoms with van der Waals surface area (Å²) < 4.78 is 11.4. The first-order valence-electron chi connectivity index (χ1n) is 10.7. The van der Waals surface area contributed by atoms with Crippen LogP contribution in [0.25, 0.3) is 0 Å². The lowest BCUT2D eigenvalue weighted by molar-refractivity contribution is -0.121. The highest BCUT2D eigenvalue weighted by molar-refractivity contribution is 6.02. The molecule has 12 nitrogen and oxygen atoms in total. The van der Waals surface area contributed by atoms with Gasteiger partial charge in [0.15, 0.2) is 18.1 Å². The lowest BCUT2D eigenvalue weighted by atomic mass is 10.1. The Morgan fingerprint density at radius 1 is 1.15 bits per heavy atom. The molecule has 2 aromatic heterocycles. The van der Waals surface area contributed by atoms with Gasteiger partial charge in [0.1, 0.15) is 11.5 Å². The van der Waals surface area contributed by atoms with E-state index in [9.17, 15) is 24.0 Å². The van der Waals surface area contributed by atoms with Crippen LogP contribution in [0, 0.1) is 19.8 Å². The molecular formula is C22H31N5O7. The predicted octanol–water partition coefficient (Wildman–Crippen LogP) is 0.759. The summed E-state index contributed by atoms with van der Waals surface area (Å²) >= 11 is 0. The maximum atomic E-state index is 13.0. The van der Waals surface area contributed by atoms with Crippen LogP contribution >= 0.6 is 0 Å². The van der Waals surface area contributed by atoms with Gasteiger partial charge in [-0.1, -0.05) is 13.8 Å². The van der Waals surface area contributed by atoms with Crippen LogP contribution in [-0.4, -0.2) is 59.1 Å². The number of carbonyl (C=O) groups is 3. The first-order valence-corrected chi connectivity index (χ1v) is 10.7. The molecule has 4 N–H and O–H groups in total. The number of rotatable bonds is 10. The van der Waals surface area contributed by atoms with Crippen molar-refractivity contribution in [3.8, 4) is 0 Å². The molecule has 0 spiro atoms. The zero-order valence-corrected chi connectivity index (χ0v) is 20.2. The van der Waals surface area contributed by atoms with Gasteiger partial charge < -0.3 is 20.2 Å². The first kappa shape index (κ1) is 26.6. The molecule has 0 fully saturated rings. The van der Waals surface area contributed by atoms with Crippen LogP contribution in [0.1, 0.15) is 52.9 Å². The van der Waals surface area contributed by atoms with E-state index in [1.807, 2.05) is 13.8 Å². The SMILES string of the molecule is COCCN(C(=O)COC(=O)c1[nH]c(C)c(C(C)=O)c1C)c1c(N)n(CC(C)C)c(=O)[nH]c1=O. The average molecular weight is 478 g/mol. The summed E-state index contributed by atoms with van der Waals surface area (Å²) in [5.74, 6) is -1.93. The van der Waals surface area contributed by atoms with Crippen LogP contribution < -0.4 is 21.9 Å². The Morgan fingerprint density at radius 2 is 1.79 bits per heavy atom. The van der Waals surface area contributed by atoms with Crippen molar-refractivity contribution in [2.45, 2.75) is 41.2 Å². The van der Waals surface area contributed by atoms with Gasteiger partial charge in [-0.25, -0.2) is 9.59 Å². The van der Waals surface area contributed by atoms with E-state index >= 15 is 0 Å². The van der Waals surface area contributed by atoms with E-state index in [2.05, 4.69) is 9.97 Å². The maximum absolute atomic E-state index is 13.0. The van der Waals surface area contributed by atoms with Crippen LogP contribution in [0.3, 0.4) is 0 Å². The number of carbonyl (C=O) groups excluding carboxylic acids is 3. The number of nitrogens with one attached hydrogen (secondary N) is 2. The van der Waals surface area contributed by atoms with Crippen molar-refractivity contribution in [1.29, 1.82) is 0 Å². The smallest absolute Gasteiger partial charge is 0.355 e. The predicted molar refractivity (Wildman–Crippen MR) is 125 cm³/mol. The third-order valence-electron chi connectivity index (χ3n) is 5.17. The molecule has 2 rings (SSSR count). The van der Waals surface area contributed by atoms with Gasteiger partial charge in [0.05, 0.1) is 6.61 Å². The molecule has 0 aliphatic heterocycles. The largest absolute Gasteiger partial charge is 0.451 e. The second-order valence-electron chi connectivity index (χ2n) is 8.29. The van der Waals surface area contributed by atoms with E-state index in [0.717, 1.165) is 4.90 Å².